The van der Waals surface area contributed by atoms with Crippen molar-refractivity contribution in [1.82, 2.24) is 15.5 Å². The molecule has 31 heavy (non-hydrogen) atoms. The first-order valence-electron chi connectivity index (χ1n) is 10.5. The van der Waals surface area contributed by atoms with Gasteiger partial charge in [0.2, 0.25) is 11.8 Å². The normalized spacial score (nSPS) is 12.8. The van der Waals surface area contributed by atoms with E-state index in [9.17, 15) is 22.8 Å². The van der Waals surface area contributed by atoms with E-state index in [1.165, 1.54) is 18.2 Å². The summed E-state index contributed by atoms with van der Waals surface area (Å²) in [6, 6.07) is -0.947. The lowest BCUT2D eigenvalue weighted by molar-refractivity contribution is -0.158. The van der Waals surface area contributed by atoms with Crippen molar-refractivity contribution in [3.8, 4) is 0 Å². The molecular weight excluding hydrogens is 442 g/mol. The lowest BCUT2D eigenvalue weighted by Crippen LogP contribution is -2.49. The van der Waals surface area contributed by atoms with Crippen LogP contribution in [0.15, 0.2) is 0 Å². The van der Waals surface area contributed by atoms with Gasteiger partial charge in [0.1, 0.15) is 11.6 Å². The molecule has 0 rings (SSSR count). The van der Waals surface area contributed by atoms with Crippen molar-refractivity contribution >= 4 is 37.4 Å². The molecule has 0 aliphatic heterocycles. The molecule has 2 N–H and O–H groups in total. The van der Waals surface area contributed by atoms with Gasteiger partial charge in [-0.15, -0.1) is 0 Å². The molecule has 0 saturated carbocycles. The van der Waals surface area contributed by atoms with Crippen LogP contribution in [-0.2, 0) is 28.0 Å². The summed E-state index contributed by atoms with van der Waals surface area (Å²) in [5, 5.41) is 5.77. The third-order valence-corrected chi connectivity index (χ3v) is 6.85. The first-order valence-corrected chi connectivity index (χ1v) is 13.9. The Hall–Kier alpha value is -1.33. The van der Waals surface area contributed by atoms with Crippen LogP contribution in [0.4, 0.5) is 0 Å². The maximum atomic E-state index is 12.7. The summed E-state index contributed by atoms with van der Waals surface area (Å²) >= 11 is 0. The SMILES string of the molecule is CNCCCNC(=O)[C@H](CC(=O)OC(C)(C)C)N(C)C(=O)CCCCCSS(C)(=O)=O. The number of hydrogen-bond acceptors (Lipinski definition) is 8. The third-order valence-electron chi connectivity index (χ3n) is 4.18. The quantitative estimate of drug-likeness (QED) is 0.205. The summed E-state index contributed by atoms with van der Waals surface area (Å²) < 4.78 is 27.5. The highest BCUT2D eigenvalue weighted by atomic mass is 33.1. The van der Waals surface area contributed by atoms with Gasteiger partial charge in [0.05, 0.1) is 6.42 Å². The first-order chi connectivity index (χ1) is 14.3. The van der Waals surface area contributed by atoms with Crippen LogP contribution in [0.25, 0.3) is 0 Å². The lowest BCUT2D eigenvalue weighted by Gasteiger charge is -2.28. The van der Waals surface area contributed by atoms with E-state index in [0.717, 1.165) is 23.8 Å². The second-order valence-electron chi connectivity index (χ2n) is 8.40. The van der Waals surface area contributed by atoms with E-state index in [1.807, 2.05) is 7.05 Å². The minimum atomic E-state index is -3.05. The fourth-order valence-electron chi connectivity index (χ4n) is 2.66. The fourth-order valence-corrected chi connectivity index (χ4v) is 4.54. The molecule has 0 saturated heterocycles. The van der Waals surface area contributed by atoms with E-state index in [0.29, 0.717) is 31.6 Å². The monoisotopic (exact) mass is 481 g/mol. The van der Waals surface area contributed by atoms with Gasteiger partial charge in [0, 0.05) is 32.0 Å². The van der Waals surface area contributed by atoms with E-state index < -0.39 is 26.5 Å². The summed E-state index contributed by atoms with van der Waals surface area (Å²) in [5.41, 5.74) is -0.683. The Morgan fingerprint density at radius 2 is 1.71 bits per heavy atom. The van der Waals surface area contributed by atoms with Crippen molar-refractivity contribution in [2.24, 2.45) is 0 Å². The minimum absolute atomic E-state index is 0.220. The molecule has 0 radical (unpaired) electrons. The van der Waals surface area contributed by atoms with E-state index >= 15 is 0 Å². The number of carbonyl (C=O) groups excluding carboxylic acids is 3. The Bertz CT molecular complexity index is 677. The second kappa shape index (κ2) is 14.7. The number of amides is 2. The predicted octanol–water partition coefficient (Wildman–Crippen LogP) is 1.52. The summed E-state index contributed by atoms with van der Waals surface area (Å²) in [6.07, 6.45) is 3.86. The number of nitrogens with zero attached hydrogens (tertiary/aromatic N) is 1. The van der Waals surface area contributed by atoms with Crippen LogP contribution in [0.5, 0.6) is 0 Å². The predicted molar refractivity (Wildman–Crippen MR) is 124 cm³/mol. The Morgan fingerprint density at radius 3 is 2.26 bits per heavy atom. The zero-order valence-electron chi connectivity index (χ0n) is 19.7. The maximum absolute atomic E-state index is 12.7. The minimum Gasteiger partial charge on any atom is -0.460 e. The average molecular weight is 482 g/mol. The standard InChI is InChI=1S/C20H39N3O6S2/c1-20(2,3)29-18(25)15-16(19(26)22-13-10-12-21-4)23(5)17(24)11-8-7-9-14-30-31(6,27)28/h16,21H,7-15H2,1-6H3,(H,22,26)/t16-/m0/s1. The van der Waals surface area contributed by atoms with Crippen LogP contribution in [0.2, 0.25) is 0 Å². The van der Waals surface area contributed by atoms with Gasteiger partial charge >= 0.3 is 5.97 Å². The second-order valence-corrected chi connectivity index (χ2v) is 13.0. The van der Waals surface area contributed by atoms with Crippen molar-refractivity contribution in [2.75, 3.05) is 39.2 Å². The molecular formula is C20H39N3O6S2. The van der Waals surface area contributed by atoms with Gasteiger partial charge < -0.3 is 20.3 Å². The Labute approximate surface area is 190 Å². The van der Waals surface area contributed by atoms with Crippen molar-refractivity contribution in [2.45, 2.75) is 70.9 Å². The number of rotatable bonds is 15. The third kappa shape index (κ3) is 16.0. The number of ether oxygens (including phenoxy) is 1. The highest BCUT2D eigenvalue weighted by Gasteiger charge is 2.30. The number of likely N-dealkylation sites (N-methyl/N-ethyl adjacent to an activating group) is 1. The molecule has 2 amide bonds. The van der Waals surface area contributed by atoms with Crippen LogP contribution in [0.3, 0.4) is 0 Å². The van der Waals surface area contributed by atoms with Gasteiger partial charge in [-0.1, -0.05) is 6.42 Å². The van der Waals surface area contributed by atoms with Crippen LogP contribution in [0.1, 0.15) is 59.3 Å². The zero-order valence-corrected chi connectivity index (χ0v) is 21.3. The molecule has 11 heteroatoms. The highest BCUT2D eigenvalue weighted by Crippen LogP contribution is 2.15. The summed E-state index contributed by atoms with van der Waals surface area (Å²) in [5.74, 6) is -0.684. The number of hydrogen-bond donors (Lipinski definition) is 2. The topological polar surface area (TPSA) is 122 Å². The van der Waals surface area contributed by atoms with Crippen molar-refractivity contribution in [3.63, 3.8) is 0 Å². The summed E-state index contributed by atoms with van der Waals surface area (Å²) in [7, 11) is 1.19. The van der Waals surface area contributed by atoms with Gasteiger partial charge in [0.25, 0.3) is 0 Å². The zero-order chi connectivity index (χ0) is 24.1. The van der Waals surface area contributed by atoms with Gasteiger partial charge in [0.15, 0.2) is 8.87 Å². The molecule has 182 valence electrons. The molecule has 0 heterocycles. The van der Waals surface area contributed by atoms with Gasteiger partial charge in [-0.3, -0.25) is 14.4 Å². The largest absolute Gasteiger partial charge is 0.460 e. The molecule has 0 fully saturated rings. The van der Waals surface area contributed by atoms with Crippen LogP contribution in [0, 0.1) is 0 Å². The highest BCUT2D eigenvalue weighted by molar-refractivity contribution is 8.71. The van der Waals surface area contributed by atoms with Crippen LogP contribution >= 0.6 is 10.8 Å². The van der Waals surface area contributed by atoms with Crippen molar-refractivity contribution in [3.05, 3.63) is 0 Å². The molecule has 0 aliphatic carbocycles. The van der Waals surface area contributed by atoms with E-state index in [-0.39, 0.29) is 24.7 Å². The number of unbranched alkanes of at least 4 members (excludes halogenated alkanes) is 2. The smallest absolute Gasteiger partial charge is 0.308 e. The van der Waals surface area contributed by atoms with Crippen molar-refractivity contribution < 1.29 is 27.5 Å². The number of carbonyl (C=O) groups is 3. The molecule has 0 aromatic heterocycles. The number of esters is 1. The van der Waals surface area contributed by atoms with Crippen molar-refractivity contribution in [1.29, 1.82) is 0 Å². The summed E-state index contributed by atoms with van der Waals surface area (Å²) in [6.45, 7) is 6.41. The molecule has 0 aromatic carbocycles. The molecule has 0 unspecified atom stereocenters. The van der Waals surface area contributed by atoms with Gasteiger partial charge in [-0.25, -0.2) is 8.42 Å². The lowest BCUT2D eigenvalue weighted by atomic mass is 10.1. The van der Waals surface area contributed by atoms with Crippen LogP contribution in [-0.4, -0.2) is 81.9 Å². The molecule has 0 aliphatic rings. The Kier molecular flexibility index (Phi) is 14.0. The Balaban J connectivity index is 4.80. The number of nitrogens with one attached hydrogen (secondary N) is 2. The van der Waals surface area contributed by atoms with E-state index in [1.54, 1.807) is 20.8 Å². The van der Waals surface area contributed by atoms with Crippen LogP contribution < -0.4 is 10.6 Å². The first kappa shape index (κ1) is 29.7. The van der Waals surface area contributed by atoms with E-state index in [4.69, 9.17) is 4.74 Å². The fraction of sp³-hybridized carbons (Fsp3) is 0.850. The average Bonchev–Trinajstić information content (AvgIpc) is 2.62. The Morgan fingerprint density at radius 1 is 1.06 bits per heavy atom. The maximum Gasteiger partial charge on any atom is 0.308 e. The van der Waals surface area contributed by atoms with Gasteiger partial charge in [-0.2, -0.15) is 0 Å². The van der Waals surface area contributed by atoms with E-state index in [2.05, 4.69) is 10.6 Å². The molecule has 0 aromatic rings. The molecule has 9 nitrogen and oxygen atoms in total. The molecule has 0 bridgehead atoms. The van der Waals surface area contributed by atoms with Gasteiger partial charge in [-0.05, 0) is 64.4 Å². The molecule has 0 spiro atoms. The molecule has 1 atom stereocenters. The summed E-state index contributed by atoms with van der Waals surface area (Å²) in [4.78, 5) is 38.9.